The van der Waals surface area contributed by atoms with Crippen molar-refractivity contribution in [2.24, 2.45) is 5.92 Å². The van der Waals surface area contributed by atoms with E-state index in [0.29, 0.717) is 0 Å². The van der Waals surface area contributed by atoms with Gasteiger partial charge in [0.1, 0.15) is 11.9 Å². The minimum Gasteiger partial charge on any atom is -0.497 e. The second-order valence-electron chi connectivity index (χ2n) is 5.75. The first-order chi connectivity index (χ1) is 10.7. The summed E-state index contributed by atoms with van der Waals surface area (Å²) in [6, 6.07) is 7.67. The van der Waals surface area contributed by atoms with Crippen LogP contribution in [0.1, 0.15) is 31.4 Å². The molecule has 2 N–H and O–H groups in total. The molecule has 2 rings (SSSR count). The summed E-state index contributed by atoms with van der Waals surface area (Å²) < 4.78 is 10.8. The summed E-state index contributed by atoms with van der Waals surface area (Å²) >= 11 is 0. The Morgan fingerprint density at radius 2 is 1.86 bits per heavy atom. The molecule has 22 heavy (non-hydrogen) atoms. The van der Waals surface area contributed by atoms with Crippen molar-refractivity contribution in [3.8, 4) is 5.75 Å². The molecule has 0 spiro atoms. The van der Waals surface area contributed by atoms with Crippen molar-refractivity contribution in [1.29, 1.82) is 0 Å². The summed E-state index contributed by atoms with van der Waals surface area (Å²) in [5, 5.41) is 6.38. The molecule has 1 aliphatic heterocycles. The van der Waals surface area contributed by atoms with Gasteiger partial charge in [0.2, 0.25) is 5.91 Å². The lowest BCUT2D eigenvalue weighted by Crippen LogP contribution is -2.44. The van der Waals surface area contributed by atoms with Crippen molar-refractivity contribution in [3.05, 3.63) is 29.8 Å². The molecule has 1 saturated heterocycles. The summed E-state index contributed by atoms with van der Waals surface area (Å²) in [7, 11) is 3.31. The first kappa shape index (κ1) is 16.8. The number of methoxy groups -OCH3 is 2. The lowest BCUT2D eigenvalue weighted by atomic mass is 9.96. The van der Waals surface area contributed by atoms with Gasteiger partial charge in [-0.3, -0.25) is 4.79 Å². The number of nitrogens with one attached hydrogen (secondary N) is 2. The van der Waals surface area contributed by atoms with Crippen LogP contribution in [0, 0.1) is 5.92 Å². The van der Waals surface area contributed by atoms with Gasteiger partial charge in [0.25, 0.3) is 0 Å². The van der Waals surface area contributed by atoms with E-state index in [4.69, 9.17) is 9.47 Å². The number of hydrogen-bond acceptors (Lipinski definition) is 4. The van der Waals surface area contributed by atoms with E-state index >= 15 is 0 Å². The van der Waals surface area contributed by atoms with E-state index in [1.165, 1.54) is 0 Å². The van der Waals surface area contributed by atoms with Gasteiger partial charge < -0.3 is 20.1 Å². The number of piperidine rings is 1. The first-order valence-electron chi connectivity index (χ1n) is 7.83. The summed E-state index contributed by atoms with van der Waals surface area (Å²) in [4.78, 5) is 12.3. The molecule has 0 aliphatic carbocycles. The summed E-state index contributed by atoms with van der Waals surface area (Å²) in [6.45, 7) is 3.81. The third-order valence-electron chi connectivity index (χ3n) is 4.23. The molecule has 1 aromatic carbocycles. The second kappa shape index (κ2) is 8.15. The van der Waals surface area contributed by atoms with E-state index < -0.39 is 0 Å². The fourth-order valence-electron chi connectivity index (χ4n) is 2.92. The van der Waals surface area contributed by atoms with Gasteiger partial charge in [-0.05, 0) is 50.6 Å². The highest BCUT2D eigenvalue weighted by Gasteiger charge is 2.26. The van der Waals surface area contributed by atoms with Crippen molar-refractivity contribution in [1.82, 2.24) is 10.6 Å². The lowest BCUT2D eigenvalue weighted by Gasteiger charge is -2.28. The van der Waals surface area contributed by atoms with E-state index in [-0.39, 0.29) is 24.0 Å². The fraction of sp³-hybridized carbons (Fsp3) is 0.588. The smallest absolute Gasteiger partial charge is 0.223 e. The van der Waals surface area contributed by atoms with Crippen LogP contribution >= 0.6 is 0 Å². The van der Waals surface area contributed by atoms with Gasteiger partial charge in [0, 0.05) is 13.0 Å². The second-order valence-corrected chi connectivity index (χ2v) is 5.75. The zero-order valence-corrected chi connectivity index (χ0v) is 13.6. The van der Waals surface area contributed by atoms with Crippen molar-refractivity contribution in [2.45, 2.75) is 31.9 Å². The first-order valence-corrected chi connectivity index (χ1v) is 7.83. The van der Waals surface area contributed by atoms with Crippen LogP contribution in [0.5, 0.6) is 5.75 Å². The van der Waals surface area contributed by atoms with Crippen LogP contribution in [0.25, 0.3) is 0 Å². The highest BCUT2D eigenvalue weighted by molar-refractivity contribution is 5.79. The van der Waals surface area contributed by atoms with Crippen LogP contribution in [0.4, 0.5) is 0 Å². The highest BCUT2D eigenvalue weighted by atomic mass is 16.5. The average molecular weight is 306 g/mol. The van der Waals surface area contributed by atoms with E-state index in [1.54, 1.807) is 14.2 Å². The van der Waals surface area contributed by atoms with Crippen LogP contribution in [-0.2, 0) is 9.53 Å². The Morgan fingerprint density at radius 3 is 2.41 bits per heavy atom. The van der Waals surface area contributed by atoms with E-state index in [2.05, 4.69) is 10.6 Å². The molecular weight excluding hydrogens is 280 g/mol. The molecule has 0 radical (unpaired) electrons. The van der Waals surface area contributed by atoms with Gasteiger partial charge in [-0.15, -0.1) is 0 Å². The van der Waals surface area contributed by atoms with Gasteiger partial charge in [-0.2, -0.15) is 0 Å². The third-order valence-corrected chi connectivity index (χ3v) is 4.23. The monoisotopic (exact) mass is 306 g/mol. The number of carbonyl (C=O) groups is 1. The molecule has 1 aliphatic rings. The molecule has 5 nitrogen and oxygen atoms in total. The SMILES string of the molecule is COc1ccc(C(OC)C(C)NC(=O)C2CCNCC2)cc1. The van der Waals surface area contributed by atoms with Crippen molar-refractivity contribution >= 4 is 5.91 Å². The van der Waals surface area contributed by atoms with Gasteiger partial charge in [-0.25, -0.2) is 0 Å². The Bertz CT molecular complexity index is 469. The number of amides is 1. The Morgan fingerprint density at radius 1 is 1.23 bits per heavy atom. The Kier molecular flexibility index (Phi) is 6.21. The molecule has 5 heteroatoms. The number of rotatable bonds is 6. The van der Waals surface area contributed by atoms with Crippen molar-refractivity contribution < 1.29 is 14.3 Å². The molecule has 0 aromatic heterocycles. The molecule has 2 unspecified atom stereocenters. The third kappa shape index (κ3) is 4.21. The Balaban J connectivity index is 1.98. The van der Waals surface area contributed by atoms with Crippen LogP contribution in [0.15, 0.2) is 24.3 Å². The Labute approximate surface area is 132 Å². The average Bonchev–Trinajstić information content (AvgIpc) is 2.57. The largest absolute Gasteiger partial charge is 0.497 e. The van der Waals surface area contributed by atoms with Gasteiger partial charge in [-0.1, -0.05) is 12.1 Å². The minimum atomic E-state index is -0.170. The topological polar surface area (TPSA) is 59.6 Å². The van der Waals surface area contributed by atoms with Crippen LogP contribution in [0.2, 0.25) is 0 Å². The maximum Gasteiger partial charge on any atom is 0.223 e. The maximum absolute atomic E-state index is 12.3. The zero-order chi connectivity index (χ0) is 15.9. The lowest BCUT2D eigenvalue weighted by molar-refractivity contribution is -0.127. The molecule has 0 bridgehead atoms. The molecule has 1 aromatic rings. The van der Waals surface area contributed by atoms with Crippen LogP contribution < -0.4 is 15.4 Å². The van der Waals surface area contributed by atoms with Gasteiger partial charge in [0.05, 0.1) is 13.2 Å². The zero-order valence-electron chi connectivity index (χ0n) is 13.6. The van der Waals surface area contributed by atoms with E-state index in [9.17, 15) is 4.79 Å². The van der Waals surface area contributed by atoms with E-state index in [0.717, 1.165) is 37.2 Å². The maximum atomic E-state index is 12.3. The highest BCUT2D eigenvalue weighted by Crippen LogP contribution is 2.24. The summed E-state index contributed by atoms with van der Waals surface area (Å²) in [5.41, 5.74) is 1.03. The molecule has 2 atom stereocenters. The normalized spacial score (nSPS) is 18.5. The molecule has 1 heterocycles. The molecule has 1 fully saturated rings. The number of ether oxygens (including phenoxy) is 2. The standard InChI is InChI=1S/C17H26N2O3/c1-12(19-17(20)14-8-10-18-11-9-14)16(22-3)13-4-6-15(21-2)7-5-13/h4-7,12,14,16,18H,8-11H2,1-3H3,(H,19,20). The number of benzene rings is 1. The molecule has 1 amide bonds. The predicted molar refractivity (Wildman–Crippen MR) is 85.9 cm³/mol. The van der Waals surface area contributed by atoms with Crippen LogP contribution in [0.3, 0.4) is 0 Å². The molecular formula is C17H26N2O3. The van der Waals surface area contributed by atoms with Crippen molar-refractivity contribution in [3.63, 3.8) is 0 Å². The fourth-order valence-corrected chi connectivity index (χ4v) is 2.92. The summed E-state index contributed by atoms with van der Waals surface area (Å²) in [5.74, 6) is 1.05. The number of carbonyl (C=O) groups excluding carboxylic acids is 1. The van der Waals surface area contributed by atoms with E-state index in [1.807, 2.05) is 31.2 Å². The molecule has 122 valence electrons. The van der Waals surface area contributed by atoms with Gasteiger partial charge >= 0.3 is 0 Å². The van der Waals surface area contributed by atoms with Crippen molar-refractivity contribution in [2.75, 3.05) is 27.3 Å². The summed E-state index contributed by atoms with van der Waals surface area (Å²) in [6.07, 6.45) is 1.63. The quantitative estimate of drug-likeness (QED) is 0.842. The Hall–Kier alpha value is -1.59. The number of hydrogen-bond donors (Lipinski definition) is 2. The van der Waals surface area contributed by atoms with Crippen LogP contribution in [-0.4, -0.2) is 39.3 Å². The molecule has 0 saturated carbocycles. The predicted octanol–water partition coefficient (Wildman–Crippen LogP) is 1.89. The minimum absolute atomic E-state index is 0.0826. The van der Waals surface area contributed by atoms with Gasteiger partial charge in [0.15, 0.2) is 0 Å².